The fourth-order valence-electron chi connectivity index (χ4n) is 4.37. The van der Waals surface area contributed by atoms with E-state index in [-0.39, 0.29) is 6.09 Å². The van der Waals surface area contributed by atoms with Crippen molar-refractivity contribution in [2.24, 2.45) is 0 Å². The Labute approximate surface area is 222 Å². The van der Waals surface area contributed by atoms with Crippen LogP contribution in [0.3, 0.4) is 0 Å². The second-order valence-electron chi connectivity index (χ2n) is 9.19. The van der Waals surface area contributed by atoms with Crippen molar-refractivity contribution >= 4 is 28.0 Å². The molecule has 9 nitrogen and oxygen atoms in total. The van der Waals surface area contributed by atoms with Crippen molar-refractivity contribution in [1.29, 1.82) is 0 Å². The summed E-state index contributed by atoms with van der Waals surface area (Å²) in [5.74, 6) is 1.50. The Morgan fingerprint density at radius 2 is 1.95 bits per heavy atom. The predicted molar refractivity (Wildman–Crippen MR) is 146 cm³/mol. The van der Waals surface area contributed by atoms with Crippen molar-refractivity contribution < 1.29 is 23.7 Å². The zero-order valence-electron chi connectivity index (χ0n) is 22.2. The Morgan fingerprint density at radius 1 is 1.11 bits per heavy atom. The van der Waals surface area contributed by atoms with E-state index in [0.29, 0.717) is 56.1 Å². The van der Waals surface area contributed by atoms with E-state index in [2.05, 4.69) is 16.8 Å². The van der Waals surface area contributed by atoms with Crippen molar-refractivity contribution in [1.82, 2.24) is 14.9 Å². The lowest BCUT2D eigenvalue weighted by atomic mass is 10.1. The first-order valence-corrected chi connectivity index (χ1v) is 13.2. The van der Waals surface area contributed by atoms with Gasteiger partial charge in [-0.2, -0.15) is 4.73 Å². The third-order valence-electron chi connectivity index (χ3n) is 6.36. The fraction of sp³-hybridized carbons (Fsp3) is 0.414. The summed E-state index contributed by atoms with van der Waals surface area (Å²) >= 11 is 0. The number of hydrogen-bond acceptors (Lipinski definition) is 6. The number of amides is 1. The molecule has 38 heavy (non-hydrogen) atoms. The molecule has 1 amide bonds. The number of nitrogens with one attached hydrogen (secondary N) is 1. The Hall–Kier alpha value is -3.85. The number of pyridine rings is 1. The van der Waals surface area contributed by atoms with E-state index < -0.39 is 0 Å². The number of carbonyl (C=O) groups excluding carboxylic acids is 1. The van der Waals surface area contributed by atoms with E-state index in [0.717, 1.165) is 52.7 Å². The van der Waals surface area contributed by atoms with Crippen LogP contribution in [-0.2, 0) is 29.0 Å². The summed E-state index contributed by atoms with van der Waals surface area (Å²) in [4.78, 5) is 16.6. The summed E-state index contributed by atoms with van der Waals surface area (Å²) in [5.41, 5.74) is 3.15. The highest BCUT2D eigenvalue weighted by Crippen LogP contribution is 2.28. The molecule has 4 aromatic rings. The lowest BCUT2D eigenvalue weighted by molar-refractivity contribution is -0.575. The number of alkyl carbamates (subject to hydrolysis) is 1. The minimum Gasteiger partial charge on any atom is -0.618 e. The molecular formula is C29H36N4O5. The highest BCUT2D eigenvalue weighted by Gasteiger charge is 2.19. The van der Waals surface area contributed by atoms with E-state index in [4.69, 9.17) is 19.2 Å². The van der Waals surface area contributed by atoms with Gasteiger partial charge in [0.1, 0.15) is 18.2 Å². The highest BCUT2D eigenvalue weighted by molar-refractivity contribution is 6.01. The van der Waals surface area contributed by atoms with Crippen LogP contribution in [0.4, 0.5) is 4.79 Å². The molecule has 4 rings (SSSR count). The van der Waals surface area contributed by atoms with Gasteiger partial charge in [-0.05, 0) is 37.0 Å². The van der Waals surface area contributed by atoms with Gasteiger partial charge >= 0.3 is 6.09 Å². The van der Waals surface area contributed by atoms with Gasteiger partial charge in [0.2, 0.25) is 11.7 Å². The standard InChI is InChI=1S/C29H36N4O5/c1-3-4-17-37-29(34)30-15-8-9-16-32-27(14-18-36-2)31-25-20-33(35)26-19-23(12-13-24(26)28(25)32)38-21-22-10-6-5-7-11-22/h5-7,10-13,19-20H,3-4,8-9,14-18,21H2,1-2H3,(H,30,34). The van der Waals surface area contributed by atoms with E-state index in [1.807, 2.05) is 42.5 Å². The summed E-state index contributed by atoms with van der Waals surface area (Å²) in [5, 5.41) is 16.6. The minimum atomic E-state index is -0.372. The Kier molecular flexibility index (Phi) is 9.75. The normalized spacial score (nSPS) is 11.2. The number of nitrogens with zero attached hydrogens (tertiary/aromatic N) is 3. The van der Waals surface area contributed by atoms with Gasteiger partial charge in [-0.1, -0.05) is 43.7 Å². The maximum atomic E-state index is 12.9. The van der Waals surface area contributed by atoms with Crippen LogP contribution in [0.5, 0.6) is 5.75 Å². The summed E-state index contributed by atoms with van der Waals surface area (Å²) in [6, 6.07) is 15.5. The lowest BCUT2D eigenvalue weighted by Crippen LogP contribution is -2.26. The molecule has 0 unspecified atom stereocenters. The molecule has 0 atom stereocenters. The number of ether oxygens (including phenoxy) is 3. The Morgan fingerprint density at radius 3 is 2.74 bits per heavy atom. The molecule has 0 spiro atoms. The van der Waals surface area contributed by atoms with Gasteiger partial charge in [0, 0.05) is 26.6 Å². The maximum absolute atomic E-state index is 12.9. The number of aryl methyl sites for hydroxylation is 1. The molecule has 2 aromatic heterocycles. The molecule has 0 bridgehead atoms. The number of unbranched alkanes of at least 4 members (excludes halogenated alkanes) is 2. The predicted octanol–water partition coefficient (Wildman–Crippen LogP) is 4.90. The van der Waals surface area contributed by atoms with Gasteiger partial charge in [-0.3, -0.25) is 0 Å². The topological polar surface area (TPSA) is 102 Å². The fourth-order valence-corrected chi connectivity index (χ4v) is 4.37. The van der Waals surface area contributed by atoms with Crippen LogP contribution in [0.1, 0.15) is 44.0 Å². The maximum Gasteiger partial charge on any atom is 0.407 e. The van der Waals surface area contributed by atoms with Gasteiger partial charge in [0.25, 0.3) is 0 Å². The third-order valence-corrected chi connectivity index (χ3v) is 6.36. The quantitative estimate of drug-likeness (QED) is 0.144. The first kappa shape index (κ1) is 27.2. The van der Waals surface area contributed by atoms with Crippen LogP contribution < -0.4 is 14.8 Å². The second kappa shape index (κ2) is 13.6. The molecule has 0 saturated carbocycles. The van der Waals surface area contributed by atoms with Gasteiger partial charge in [-0.15, -0.1) is 0 Å². The Bertz CT molecular complexity index is 1340. The molecule has 0 aliphatic rings. The monoisotopic (exact) mass is 520 g/mol. The molecule has 0 aliphatic carbocycles. The minimum absolute atomic E-state index is 0.372. The van der Waals surface area contributed by atoms with Crippen LogP contribution >= 0.6 is 0 Å². The number of imidazole rings is 1. The number of rotatable bonds is 14. The second-order valence-corrected chi connectivity index (χ2v) is 9.19. The molecule has 2 aromatic carbocycles. The molecule has 0 aliphatic heterocycles. The van der Waals surface area contributed by atoms with Gasteiger partial charge < -0.3 is 29.3 Å². The summed E-state index contributed by atoms with van der Waals surface area (Å²) in [6.45, 7) is 4.69. The van der Waals surface area contributed by atoms with Crippen molar-refractivity contribution in [3.63, 3.8) is 0 Å². The van der Waals surface area contributed by atoms with Crippen LogP contribution in [0.25, 0.3) is 21.9 Å². The summed E-state index contributed by atoms with van der Waals surface area (Å²) in [6.07, 6.45) is 5.25. The molecule has 202 valence electrons. The summed E-state index contributed by atoms with van der Waals surface area (Å²) in [7, 11) is 1.66. The first-order chi connectivity index (χ1) is 18.6. The molecule has 1 N–H and O–H groups in total. The number of carbonyl (C=O) groups is 1. The lowest BCUT2D eigenvalue weighted by Gasteiger charge is -2.12. The highest BCUT2D eigenvalue weighted by atomic mass is 16.5. The average molecular weight is 521 g/mol. The smallest absolute Gasteiger partial charge is 0.407 e. The van der Waals surface area contributed by atoms with Crippen LogP contribution in [0.15, 0.2) is 54.7 Å². The molecule has 9 heteroatoms. The average Bonchev–Trinajstić information content (AvgIpc) is 3.28. The molecule has 2 heterocycles. The number of hydrogen-bond donors (Lipinski definition) is 1. The number of methoxy groups -OCH3 is 1. The van der Waals surface area contributed by atoms with Crippen molar-refractivity contribution in [3.05, 3.63) is 71.3 Å². The van der Waals surface area contributed by atoms with Crippen LogP contribution in [0, 0.1) is 5.21 Å². The zero-order valence-corrected chi connectivity index (χ0v) is 22.2. The van der Waals surface area contributed by atoms with E-state index in [9.17, 15) is 10.0 Å². The van der Waals surface area contributed by atoms with Crippen LogP contribution in [0.2, 0.25) is 0 Å². The van der Waals surface area contributed by atoms with E-state index >= 15 is 0 Å². The molecule has 0 radical (unpaired) electrons. The van der Waals surface area contributed by atoms with E-state index in [1.165, 1.54) is 6.20 Å². The van der Waals surface area contributed by atoms with Gasteiger partial charge in [-0.25, -0.2) is 9.78 Å². The Balaban J connectivity index is 1.51. The summed E-state index contributed by atoms with van der Waals surface area (Å²) < 4.78 is 19.4. The molecule has 0 saturated heterocycles. The molecule has 0 fully saturated rings. The molecular weight excluding hydrogens is 484 g/mol. The van der Waals surface area contributed by atoms with Crippen molar-refractivity contribution in [3.8, 4) is 5.75 Å². The van der Waals surface area contributed by atoms with Gasteiger partial charge in [0.05, 0.1) is 30.2 Å². The van der Waals surface area contributed by atoms with E-state index in [1.54, 1.807) is 13.2 Å². The zero-order chi connectivity index (χ0) is 26.7. The van der Waals surface area contributed by atoms with Crippen molar-refractivity contribution in [2.75, 3.05) is 26.9 Å². The number of fused-ring (bicyclic) bond motifs is 3. The largest absolute Gasteiger partial charge is 0.618 e. The van der Waals surface area contributed by atoms with Crippen LogP contribution in [-0.4, -0.2) is 42.5 Å². The number of aromatic nitrogens is 3. The SMILES string of the molecule is CCCCOC(=O)NCCCCn1c(CCOC)nc2c[n+]([O-])c3cc(OCc4ccccc4)ccc3c21. The first-order valence-electron chi connectivity index (χ1n) is 13.2. The number of benzene rings is 2. The van der Waals surface area contributed by atoms with Gasteiger partial charge in [0.15, 0.2) is 5.52 Å². The van der Waals surface area contributed by atoms with Crippen molar-refractivity contribution in [2.45, 2.75) is 52.2 Å². The third kappa shape index (κ3) is 6.92.